The molecule has 1 N–H and O–H groups in total. The zero-order valence-corrected chi connectivity index (χ0v) is 12.1. The zero-order valence-electron chi connectivity index (χ0n) is 12.1. The van der Waals surface area contributed by atoms with Crippen molar-refractivity contribution in [1.29, 1.82) is 0 Å². The third kappa shape index (κ3) is 4.40. The topological polar surface area (TPSA) is 102 Å². The van der Waals surface area contributed by atoms with Gasteiger partial charge in [-0.3, -0.25) is 10.1 Å². The number of benzene rings is 1. The maximum atomic E-state index is 11.5. The van der Waals surface area contributed by atoms with Gasteiger partial charge in [0.2, 0.25) is 0 Å². The molecule has 0 saturated heterocycles. The Hall–Kier alpha value is -2.19. The van der Waals surface area contributed by atoms with Gasteiger partial charge in [0.05, 0.1) is 30.3 Å². The minimum atomic E-state index is -0.804. The molecule has 0 heterocycles. The van der Waals surface area contributed by atoms with Gasteiger partial charge in [-0.15, -0.1) is 0 Å². The highest BCUT2D eigenvalue weighted by atomic mass is 16.6. The van der Waals surface area contributed by atoms with Crippen LogP contribution in [-0.4, -0.2) is 56.5 Å². The Kier molecular flexibility index (Phi) is 6.07. The van der Waals surface area contributed by atoms with Crippen molar-refractivity contribution in [3.63, 3.8) is 0 Å². The molecule has 0 saturated carbocycles. The lowest BCUT2D eigenvalue weighted by atomic mass is 10.1. The van der Waals surface area contributed by atoms with Crippen LogP contribution < -0.4 is 4.90 Å². The van der Waals surface area contributed by atoms with Crippen LogP contribution in [0.2, 0.25) is 0 Å². The van der Waals surface area contributed by atoms with Gasteiger partial charge in [0, 0.05) is 26.8 Å². The van der Waals surface area contributed by atoms with Crippen LogP contribution in [0.25, 0.3) is 0 Å². The Balaban J connectivity index is 3.10. The van der Waals surface area contributed by atoms with E-state index in [0.29, 0.717) is 0 Å². The molecule has 1 aromatic carbocycles. The van der Waals surface area contributed by atoms with Gasteiger partial charge in [-0.2, -0.15) is 0 Å². The molecule has 1 unspecified atom stereocenters. The molecule has 0 spiro atoms. The molecule has 0 amide bonds. The van der Waals surface area contributed by atoms with Crippen molar-refractivity contribution in [3.8, 4) is 0 Å². The molecule has 1 rings (SSSR count). The summed E-state index contributed by atoms with van der Waals surface area (Å²) in [4.78, 5) is 23.5. The molecule has 0 aliphatic rings. The minimum absolute atomic E-state index is 0.106. The van der Waals surface area contributed by atoms with Crippen molar-refractivity contribution < 1.29 is 24.3 Å². The number of hydrogen-bond acceptors (Lipinski definition) is 7. The van der Waals surface area contributed by atoms with E-state index < -0.39 is 17.0 Å². The van der Waals surface area contributed by atoms with E-state index >= 15 is 0 Å². The van der Waals surface area contributed by atoms with Crippen molar-refractivity contribution in [1.82, 2.24) is 0 Å². The normalized spacial score (nSPS) is 11.8. The predicted molar refractivity (Wildman–Crippen MR) is 75.6 cm³/mol. The molecule has 21 heavy (non-hydrogen) atoms. The molecule has 0 radical (unpaired) electrons. The fourth-order valence-corrected chi connectivity index (χ4v) is 1.89. The van der Waals surface area contributed by atoms with Crippen LogP contribution in [0.3, 0.4) is 0 Å². The summed E-state index contributed by atoms with van der Waals surface area (Å²) >= 11 is 0. The third-order valence-corrected chi connectivity index (χ3v) is 2.85. The van der Waals surface area contributed by atoms with Crippen LogP contribution in [0, 0.1) is 10.1 Å². The Morgan fingerprint density at radius 3 is 2.67 bits per heavy atom. The molecular formula is C13H18N2O6. The molecule has 116 valence electrons. The lowest BCUT2D eigenvalue weighted by molar-refractivity contribution is -0.384. The molecule has 0 aliphatic heterocycles. The number of esters is 1. The van der Waals surface area contributed by atoms with Crippen LogP contribution in [0.1, 0.15) is 10.4 Å². The van der Waals surface area contributed by atoms with Gasteiger partial charge in [0.25, 0.3) is 5.69 Å². The first-order chi connectivity index (χ1) is 9.90. The molecule has 0 aromatic heterocycles. The van der Waals surface area contributed by atoms with Gasteiger partial charge >= 0.3 is 5.97 Å². The predicted octanol–water partition coefficient (Wildman–Crippen LogP) is 0.825. The first-order valence-corrected chi connectivity index (χ1v) is 6.15. The number of nitrogens with zero attached hydrogens (tertiary/aromatic N) is 2. The second-order valence-electron chi connectivity index (χ2n) is 4.44. The maximum Gasteiger partial charge on any atom is 0.337 e. The van der Waals surface area contributed by atoms with Crippen LogP contribution >= 0.6 is 0 Å². The van der Waals surface area contributed by atoms with Crippen molar-refractivity contribution in [2.75, 3.05) is 39.3 Å². The molecule has 8 nitrogen and oxygen atoms in total. The number of nitro groups is 1. The number of anilines is 1. The largest absolute Gasteiger partial charge is 0.465 e. The summed E-state index contributed by atoms with van der Waals surface area (Å²) in [5, 5.41) is 20.8. The molecule has 0 aliphatic carbocycles. The smallest absolute Gasteiger partial charge is 0.337 e. The average molecular weight is 298 g/mol. The van der Waals surface area contributed by atoms with Crippen molar-refractivity contribution >= 4 is 17.3 Å². The van der Waals surface area contributed by atoms with E-state index in [1.54, 1.807) is 7.05 Å². The van der Waals surface area contributed by atoms with Crippen LogP contribution in [-0.2, 0) is 9.47 Å². The van der Waals surface area contributed by atoms with E-state index in [0.717, 1.165) is 0 Å². The van der Waals surface area contributed by atoms with E-state index in [9.17, 15) is 20.0 Å². The monoisotopic (exact) mass is 298 g/mol. The number of rotatable bonds is 7. The second-order valence-corrected chi connectivity index (χ2v) is 4.44. The number of carbonyl (C=O) groups is 1. The number of methoxy groups -OCH3 is 2. The van der Waals surface area contributed by atoms with Crippen LogP contribution in [0.15, 0.2) is 18.2 Å². The number of aliphatic hydroxyl groups excluding tert-OH is 1. The lowest BCUT2D eigenvalue weighted by Gasteiger charge is -2.22. The average Bonchev–Trinajstić information content (AvgIpc) is 2.45. The molecular weight excluding hydrogens is 280 g/mol. The maximum absolute atomic E-state index is 11.5. The summed E-state index contributed by atoms with van der Waals surface area (Å²) in [6.45, 7) is 0.230. The fraction of sp³-hybridized carbons (Fsp3) is 0.462. The highest BCUT2D eigenvalue weighted by Gasteiger charge is 2.21. The number of hydrogen-bond donors (Lipinski definition) is 1. The van der Waals surface area contributed by atoms with Gasteiger partial charge in [0.15, 0.2) is 0 Å². The van der Waals surface area contributed by atoms with Crippen LogP contribution in [0.4, 0.5) is 11.4 Å². The van der Waals surface area contributed by atoms with Crippen molar-refractivity contribution in [3.05, 3.63) is 33.9 Å². The molecule has 0 bridgehead atoms. The van der Waals surface area contributed by atoms with E-state index in [1.165, 1.54) is 37.3 Å². The first-order valence-electron chi connectivity index (χ1n) is 6.15. The Morgan fingerprint density at radius 1 is 1.48 bits per heavy atom. The Bertz CT molecular complexity index is 519. The minimum Gasteiger partial charge on any atom is -0.465 e. The van der Waals surface area contributed by atoms with Crippen molar-refractivity contribution in [2.24, 2.45) is 0 Å². The van der Waals surface area contributed by atoms with Gasteiger partial charge in [0.1, 0.15) is 5.69 Å². The molecule has 8 heteroatoms. The SMILES string of the molecule is COCC(O)CN(C)c1cc(C(=O)OC)ccc1[N+](=O)[O-]. The van der Waals surface area contributed by atoms with Crippen molar-refractivity contribution in [2.45, 2.75) is 6.10 Å². The van der Waals surface area contributed by atoms with E-state index in [4.69, 9.17) is 4.74 Å². The summed E-state index contributed by atoms with van der Waals surface area (Å²) in [5.41, 5.74) is 0.263. The quantitative estimate of drug-likeness (QED) is 0.451. The number of aliphatic hydroxyl groups is 1. The molecule has 1 atom stereocenters. The summed E-state index contributed by atoms with van der Waals surface area (Å²) in [6.07, 6.45) is -0.804. The zero-order chi connectivity index (χ0) is 16.0. The van der Waals surface area contributed by atoms with Gasteiger partial charge < -0.3 is 19.5 Å². The highest BCUT2D eigenvalue weighted by molar-refractivity contribution is 5.91. The Morgan fingerprint density at radius 2 is 2.14 bits per heavy atom. The summed E-state index contributed by atoms with van der Waals surface area (Å²) < 4.78 is 9.41. The number of likely N-dealkylation sites (N-methyl/N-ethyl adjacent to an activating group) is 1. The van der Waals surface area contributed by atoms with Gasteiger partial charge in [-0.1, -0.05) is 0 Å². The molecule has 0 fully saturated rings. The summed E-state index contributed by atoms with van der Waals surface area (Å²) in [5.74, 6) is -0.586. The number of carbonyl (C=O) groups excluding carboxylic acids is 1. The van der Waals surface area contributed by atoms with E-state index in [2.05, 4.69) is 4.74 Å². The molecule has 1 aromatic rings. The van der Waals surface area contributed by atoms with Crippen LogP contribution in [0.5, 0.6) is 0 Å². The van der Waals surface area contributed by atoms with Gasteiger partial charge in [-0.05, 0) is 12.1 Å². The first kappa shape index (κ1) is 16.9. The van der Waals surface area contributed by atoms with E-state index in [-0.39, 0.29) is 30.1 Å². The second kappa shape index (κ2) is 7.55. The lowest BCUT2D eigenvalue weighted by Crippen LogP contribution is -2.32. The van der Waals surface area contributed by atoms with E-state index in [1.807, 2.05) is 0 Å². The van der Waals surface area contributed by atoms with Gasteiger partial charge in [-0.25, -0.2) is 4.79 Å². The standard InChI is InChI=1S/C13H18N2O6/c1-14(7-10(16)8-20-2)12-6-9(13(17)21-3)4-5-11(12)15(18)19/h4-6,10,16H,7-8H2,1-3H3. The Labute approximate surface area is 122 Å². The highest BCUT2D eigenvalue weighted by Crippen LogP contribution is 2.28. The summed E-state index contributed by atoms with van der Waals surface area (Å²) in [7, 11) is 4.27. The fourth-order valence-electron chi connectivity index (χ4n) is 1.89. The third-order valence-electron chi connectivity index (χ3n) is 2.85. The number of ether oxygens (including phenoxy) is 2. The summed E-state index contributed by atoms with van der Waals surface area (Å²) in [6, 6.07) is 3.93. The number of nitro benzene ring substituents is 1.